The van der Waals surface area contributed by atoms with Crippen LogP contribution in [0, 0.1) is 0 Å². The van der Waals surface area contributed by atoms with Crippen molar-refractivity contribution in [3.8, 4) is 0 Å². The minimum atomic E-state index is -0.138. The lowest BCUT2D eigenvalue weighted by Gasteiger charge is -2.17. The van der Waals surface area contributed by atoms with Gasteiger partial charge in [-0.15, -0.1) is 0 Å². The first-order valence-corrected chi connectivity index (χ1v) is 6.86. The molecular weight excluding hydrogens is 328 g/mol. The van der Waals surface area contributed by atoms with Crippen LogP contribution >= 0.6 is 27.5 Å². The van der Waals surface area contributed by atoms with Crippen LogP contribution in [0.4, 0.5) is 0 Å². The number of amides is 1. The zero-order valence-electron chi connectivity index (χ0n) is 10.3. The first-order valence-electron chi connectivity index (χ1n) is 5.69. The second kappa shape index (κ2) is 6.17. The number of hydrogen-bond donors (Lipinski definition) is 0. The second-order valence-corrected chi connectivity index (χ2v) is 5.32. The van der Waals surface area contributed by atoms with E-state index in [1.165, 1.54) is 0 Å². The molecule has 0 radical (unpaired) electrons. The van der Waals surface area contributed by atoms with Gasteiger partial charge in [0.2, 0.25) is 0 Å². The summed E-state index contributed by atoms with van der Waals surface area (Å²) in [5, 5.41) is 0.657. The zero-order chi connectivity index (χ0) is 13.8. The van der Waals surface area contributed by atoms with E-state index in [-0.39, 0.29) is 5.91 Å². The van der Waals surface area contributed by atoms with E-state index in [2.05, 4.69) is 20.9 Å². The number of hydrogen-bond acceptors (Lipinski definition) is 2. The highest BCUT2D eigenvalue weighted by Crippen LogP contribution is 2.17. The molecule has 0 saturated heterocycles. The van der Waals surface area contributed by atoms with E-state index in [1.54, 1.807) is 30.1 Å². The Morgan fingerprint density at radius 1 is 1.26 bits per heavy atom. The van der Waals surface area contributed by atoms with Gasteiger partial charge in [-0.2, -0.15) is 0 Å². The predicted octanol–water partition coefficient (Wildman–Crippen LogP) is 3.77. The number of benzene rings is 1. The number of rotatable bonds is 3. The molecule has 1 aromatic heterocycles. The topological polar surface area (TPSA) is 33.2 Å². The number of halogens is 2. The fraction of sp³-hybridized carbons (Fsp3) is 0.143. The van der Waals surface area contributed by atoms with Gasteiger partial charge in [0.05, 0.1) is 0 Å². The van der Waals surface area contributed by atoms with Crippen LogP contribution in [0.1, 0.15) is 16.1 Å². The summed E-state index contributed by atoms with van der Waals surface area (Å²) in [6.45, 7) is 0.451. The molecule has 2 rings (SSSR count). The van der Waals surface area contributed by atoms with Gasteiger partial charge in [0.25, 0.3) is 5.91 Å². The van der Waals surface area contributed by atoms with E-state index in [9.17, 15) is 4.79 Å². The lowest BCUT2D eigenvalue weighted by atomic mass is 10.2. The summed E-state index contributed by atoms with van der Waals surface area (Å²) < 4.78 is 0.643. The molecule has 1 amide bonds. The molecule has 0 saturated carbocycles. The van der Waals surface area contributed by atoms with Crippen molar-refractivity contribution in [3.05, 3.63) is 63.3 Å². The summed E-state index contributed by atoms with van der Waals surface area (Å²) in [4.78, 5) is 18.0. The molecule has 0 spiro atoms. The Hall–Kier alpha value is -1.39. The lowest BCUT2D eigenvalue weighted by molar-refractivity contribution is 0.0779. The molecule has 1 aromatic carbocycles. The Balaban J connectivity index is 2.14. The Bertz CT molecular complexity index is 604. The van der Waals surface area contributed by atoms with Gasteiger partial charge in [-0.1, -0.05) is 35.9 Å². The second-order valence-electron chi connectivity index (χ2n) is 4.10. The van der Waals surface area contributed by atoms with Crippen molar-refractivity contribution >= 4 is 33.4 Å². The summed E-state index contributed by atoms with van der Waals surface area (Å²) in [5.74, 6) is -0.138. The van der Waals surface area contributed by atoms with Crippen LogP contribution in [0.25, 0.3) is 0 Å². The smallest absolute Gasteiger partial charge is 0.272 e. The van der Waals surface area contributed by atoms with Crippen LogP contribution in [0.15, 0.2) is 47.1 Å². The van der Waals surface area contributed by atoms with Gasteiger partial charge in [0.1, 0.15) is 10.3 Å². The molecule has 0 aliphatic heterocycles. The molecular formula is C14H12BrClN2O. The average molecular weight is 340 g/mol. The van der Waals surface area contributed by atoms with Crippen LogP contribution in [0.5, 0.6) is 0 Å². The fourth-order valence-electron chi connectivity index (χ4n) is 1.68. The Labute approximate surface area is 125 Å². The van der Waals surface area contributed by atoms with Crippen molar-refractivity contribution in [3.63, 3.8) is 0 Å². The SMILES string of the molecule is CN(Cc1ccccc1Cl)C(=O)c1cccc(Br)n1. The normalized spacial score (nSPS) is 10.3. The third-order valence-electron chi connectivity index (χ3n) is 2.65. The van der Waals surface area contributed by atoms with Crippen molar-refractivity contribution in [1.82, 2.24) is 9.88 Å². The number of aromatic nitrogens is 1. The molecule has 2 aromatic rings. The van der Waals surface area contributed by atoms with Crippen molar-refractivity contribution in [2.24, 2.45) is 0 Å². The molecule has 0 bridgehead atoms. The summed E-state index contributed by atoms with van der Waals surface area (Å²) in [7, 11) is 1.73. The number of carbonyl (C=O) groups excluding carboxylic acids is 1. The number of nitrogens with zero attached hydrogens (tertiary/aromatic N) is 2. The molecule has 0 unspecified atom stereocenters. The third kappa shape index (κ3) is 3.55. The molecule has 0 aliphatic carbocycles. The molecule has 1 heterocycles. The Morgan fingerprint density at radius 3 is 2.68 bits per heavy atom. The van der Waals surface area contributed by atoms with Crippen molar-refractivity contribution in [2.75, 3.05) is 7.05 Å². The third-order valence-corrected chi connectivity index (χ3v) is 3.46. The van der Waals surface area contributed by atoms with Crippen molar-refractivity contribution in [1.29, 1.82) is 0 Å². The molecule has 98 valence electrons. The van der Waals surface area contributed by atoms with Gasteiger partial charge in [-0.3, -0.25) is 4.79 Å². The number of carbonyl (C=O) groups is 1. The summed E-state index contributed by atoms with van der Waals surface area (Å²) >= 11 is 9.34. The minimum Gasteiger partial charge on any atom is -0.336 e. The molecule has 5 heteroatoms. The molecule has 3 nitrogen and oxygen atoms in total. The zero-order valence-corrected chi connectivity index (χ0v) is 12.6. The maximum atomic E-state index is 12.2. The van der Waals surface area contributed by atoms with Crippen molar-refractivity contribution < 1.29 is 4.79 Å². The van der Waals surface area contributed by atoms with Gasteiger partial charge >= 0.3 is 0 Å². The van der Waals surface area contributed by atoms with E-state index in [1.807, 2.05) is 24.3 Å². The van der Waals surface area contributed by atoms with E-state index < -0.39 is 0 Å². The monoisotopic (exact) mass is 338 g/mol. The summed E-state index contributed by atoms with van der Waals surface area (Å²) in [6, 6.07) is 12.7. The van der Waals surface area contributed by atoms with Crippen LogP contribution < -0.4 is 0 Å². The van der Waals surface area contributed by atoms with Crippen LogP contribution in [-0.4, -0.2) is 22.8 Å². The summed E-state index contributed by atoms with van der Waals surface area (Å²) in [5.41, 5.74) is 1.32. The first kappa shape index (κ1) is 14.0. The highest BCUT2D eigenvalue weighted by molar-refractivity contribution is 9.10. The van der Waals surface area contributed by atoms with Crippen molar-refractivity contribution in [2.45, 2.75) is 6.54 Å². The average Bonchev–Trinajstić information content (AvgIpc) is 2.40. The number of pyridine rings is 1. The maximum absolute atomic E-state index is 12.2. The molecule has 0 fully saturated rings. The van der Waals surface area contributed by atoms with E-state index in [0.717, 1.165) is 5.56 Å². The Kier molecular flexibility index (Phi) is 4.56. The fourth-order valence-corrected chi connectivity index (χ4v) is 2.22. The Morgan fingerprint density at radius 2 is 2.00 bits per heavy atom. The van der Waals surface area contributed by atoms with Gasteiger partial charge in [0, 0.05) is 18.6 Å². The van der Waals surface area contributed by atoms with E-state index in [0.29, 0.717) is 21.9 Å². The molecule has 19 heavy (non-hydrogen) atoms. The molecule has 0 atom stereocenters. The van der Waals surface area contributed by atoms with Crippen LogP contribution in [0.3, 0.4) is 0 Å². The van der Waals surface area contributed by atoms with Gasteiger partial charge < -0.3 is 4.90 Å². The largest absolute Gasteiger partial charge is 0.336 e. The van der Waals surface area contributed by atoms with E-state index >= 15 is 0 Å². The van der Waals surface area contributed by atoms with Crippen LogP contribution in [-0.2, 0) is 6.54 Å². The standard InChI is InChI=1S/C14H12BrClN2O/c1-18(9-10-5-2-3-6-11(10)16)14(19)12-7-4-8-13(15)17-12/h2-8H,9H2,1H3. The minimum absolute atomic E-state index is 0.138. The van der Waals surface area contributed by atoms with Gasteiger partial charge in [-0.05, 0) is 39.7 Å². The highest BCUT2D eigenvalue weighted by atomic mass is 79.9. The van der Waals surface area contributed by atoms with E-state index in [4.69, 9.17) is 11.6 Å². The van der Waals surface area contributed by atoms with Crippen LogP contribution in [0.2, 0.25) is 5.02 Å². The predicted molar refractivity (Wildman–Crippen MR) is 79.2 cm³/mol. The first-order chi connectivity index (χ1) is 9.08. The molecule has 0 N–H and O–H groups in total. The maximum Gasteiger partial charge on any atom is 0.272 e. The van der Waals surface area contributed by atoms with Gasteiger partial charge in [0.15, 0.2) is 0 Å². The lowest BCUT2D eigenvalue weighted by Crippen LogP contribution is -2.27. The highest BCUT2D eigenvalue weighted by Gasteiger charge is 2.14. The quantitative estimate of drug-likeness (QED) is 0.798. The molecule has 0 aliphatic rings. The van der Waals surface area contributed by atoms with Gasteiger partial charge in [-0.25, -0.2) is 4.98 Å². The summed E-state index contributed by atoms with van der Waals surface area (Å²) in [6.07, 6.45) is 0.